The van der Waals surface area contributed by atoms with Gasteiger partial charge in [-0.15, -0.1) is 11.3 Å². The van der Waals surface area contributed by atoms with E-state index in [2.05, 4.69) is 58.3 Å². The average molecular weight is 434 g/mol. The zero-order valence-electron chi connectivity index (χ0n) is 17.6. The van der Waals surface area contributed by atoms with Gasteiger partial charge >= 0.3 is 0 Å². The van der Waals surface area contributed by atoms with Crippen LogP contribution in [0.15, 0.2) is 66.0 Å². The van der Waals surface area contributed by atoms with Gasteiger partial charge in [0.05, 0.1) is 11.4 Å². The number of fused-ring (bicyclic) bond motifs is 1. The van der Waals surface area contributed by atoms with Crippen LogP contribution in [0.5, 0.6) is 5.75 Å². The fraction of sp³-hybridized carbons (Fsp3) is 0.320. The van der Waals surface area contributed by atoms with Crippen LogP contribution in [-0.4, -0.2) is 55.0 Å². The van der Waals surface area contributed by atoms with Crippen LogP contribution in [0.4, 0.5) is 5.69 Å². The maximum Gasteiger partial charge on any atom is 0.264 e. The number of hydrogen-bond donors (Lipinski definition) is 0. The molecule has 3 heterocycles. The molecule has 5 rings (SSSR count). The van der Waals surface area contributed by atoms with Crippen molar-refractivity contribution in [2.75, 3.05) is 44.2 Å². The Morgan fingerprint density at radius 3 is 2.55 bits per heavy atom. The fourth-order valence-electron chi connectivity index (χ4n) is 4.34. The Bertz CT molecular complexity index is 1010. The van der Waals surface area contributed by atoms with Gasteiger partial charge in [-0.2, -0.15) is 0 Å². The summed E-state index contributed by atoms with van der Waals surface area (Å²) in [5.41, 5.74) is 3.68. The van der Waals surface area contributed by atoms with Gasteiger partial charge in [-0.25, -0.2) is 0 Å². The van der Waals surface area contributed by atoms with Crippen molar-refractivity contribution in [3.8, 4) is 5.75 Å². The number of piperazine rings is 1. The molecule has 0 unspecified atom stereocenters. The van der Waals surface area contributed by atoms with E-state index in [1.165, 1.54) is 22.6 Å². The molecule has 2 aliphatic rings. The highest BCUT2D eigenvalue weighted by atomic mass is 32.1. The summed E-state index contributed by atoms with van der Waals surface area (Å²) in [5.74, 6) is 0.994. The molecule has 1 amide bonds. The molecule has 1 aromatic heterocycles. The second-order valence-corrected chi connectivity index (χ2v) is 9.04. The van der Waals surface area contributed by atoms with Crippen molar-refractivity contribution in [2.24, 2.45) is 0 Å². The Morgan fingerprint density at radius 1 is 0.935 bits per heavy atom. The molecule has 0 spiro atoms. The Hall–Kier alpha value is -2.83. The molecular weight excluding hydrogens is 406 g/mol. The van der Waals surface area contributed by atoms with Gasteiger partial charge in [0, 0.05) is 50.5 Å². The van der Waals surface area contributed by atoms with Crippen LogP contribution in [-0.2, 0) is 13.1 Å². The number of amides is 1. The SMILES string of the molecule is O=C(c1cccs1)N1CCOc2ccc(CN3CCN(c4ccccc4)CC3)cc2C1. The van der Waals surface area contributed by atoms with E-state index in [0.717, 1.165) is 48.9 Å². The first kappa shape index (κ1) is 20.1. The summed E-state index contributed by atoms with van der Waals surface area (Å²) in [6, 6.07) is 20.9. The molecule has 0 radical (unpaired) electrons. The van der Waals surface area contributed by atoms with E-state index in [4.69, 9.17) is 4.74 Å². The predicted octanol–water partition coefficient (Wildman–Crippen LogP) is 4.11. The zero-order valence-corrected chi connectivity index (χ0v) is 18.4. The topological polar surface area (TPSA) is 36.0 Å². The molecule has 5 nitrogen and oxygen atoms in total. The monoisotopic (exact) mass is 433 g/mol. The molecule has 2 aliphatic heterocycles. The number of hydrogen-bond acceptors (Lipinski definition) is 5. The highest BCUT2D eigenvalue weighted by molar-refractivity contribution is 7.12. The van der Waals surface area contributed by atoms with Gasteiger partial charge in [0.2, 0.25) is 0 Å². The number of benzene rings is 2. The molecule has 31 heavy (non-hydrogen) atoms. The molecule has 3 aromatic rings. The average Bonchev–Trinajstić information content (AvgIpc) is 3.27. The first-order valence-electron chi connectivity index (χ1n) is 10.9. The summed E-state index contributed by atoms with van der Waals surface area (Å²) in [5, 5.41) is 1.95. The van der Waals surface area contributed by atoms with Crippen LogP contribution in [0.2, 0.25) is 0 Å². The fourth-order valence-corrected chi connectivity index (χ4v) is 5.03. The van der Waals surface area contributed by atoms with Crippen LogP contribution in [0.25, 0.3) is 0 Å². The van der Waals surface area contributed by atoms with E-state index in [0.29, 0.717) is 19.7 Å². The third-order valence-corrected chi connectivity index (χ3v) is 6.88. The maximum atomic E-state index is 12.8. The lowest BCUT2D eigenvalue weighted by atomic mass is 10.1. The number of anilines is 1. The number of carbonyl (C=O) groups excluding carboxylic acids is 1. The summed E-state index contributed by atoms with van der Waals surface area (Å²) in [6.45, 7) is 6.85. The third kappa shape index (κ3) is 4.60. The lowest BCUT2D eigenvalue weighted by Gasteiger charge is -2.36. The van der Waals surface area contributed by atoms with Crippen molar-refractivity contribution >= 4 is 22.9 Å². The number of rotatable bonds is 4. The Kier molecular flexibility index (Phi) is 5.91. The maximum absolute atomic E-state index is 12.8. The smallest absolute Gasteiger partial charge is 0.264 e. The number of nitrogens with zero attached hydrogens (tertiary/aromatic N) is 3. The Labute approximate surface area is 187 Å². The van der Waals surface area contributed by atoms with E-state index in [1.807, 2.05) is 22.4 Å². The van der Waals surface area contributed by atoms with Crippen molar-refractivity contribution in [2.45, 2.75) is 13.1 Å². The lowest BCUT2D eigenvalue weighted by molar-refractivity contribution is 0.0738. The Morgan fingerprint density at radius 2 is 1.77 bits per heavy atom. The minimum Gasteiger partial charge on any atom is -0.491 e. The van der Waals surface area contributed by atoms with E-state index < -0.39 is 0 Å². The zero-order chi connectivity index (χ0) is 21.0. The predicted molar refractivity (Wildman–Crippen MR) is 125 cm³/mol. The lowest BCUT2D eigenvalue weighted by Crippen LogP contribution is -2.45. The van der Waals surface area contributed by atoms with E-state index in [-0.39, 0.29) is 5.91 Å². The minimum atomic E-state index is 0.0916. The van der Waals surface area contributed by atoms with E-state index in [9.17, 15) is 4.79 Å². The van der Waals surface area contributed by atoms with E-state index in [1.54, 1.807) is 0 Å². The van der Waals surface area contributed by atoms with Gasteiger partial charge in [0.25, 0.3) is 5.91 Å². The Balaban J connectivity index is 1.24. The van der Waals surface area contributed by atoms with Gasteiger partial charge in [0.1, 0.15) is 12.4 Å². The van der Waals surface area contributed by atoms with Crippen molar-refractivity contribution in [1.82, 2.24) is 9.80 Å². The molecule has 0 atom stereocenters. The highest BCUT2D eigenvalue weighted by Crippen LogP contribution is 2.27. The molecule has 0 aliphatic carbocycles. The van der Waals surface area contributed by atoms with E-state index >= 15 is 0 Å². The number of carbonyl (C=O) groups is 1. The largest absolute Gasteiger partial charge is 0.491 e. The van der Waals surface area contributed by atoms with Crippen molar-refractivity contribution in [3.63, 3.8) is 0 Å². The second-order valence-electron chi connectivity index (χ2n) is 8.09. The number of para-hydroxylation sites is 1. The normalized spacial score (nSPS) is 17.0. The summed E-state index contributed by atoms with van der Waals surface area (Å²) in [7, 11) is 0. The summed E-state index contributed by atoms with van der Waals surface area (Å²) >= 11 is 1.50. The third-order valence-electron chi connectivity index (χ3n) is 6.02. The van der Waals surface area contributed by atoms with Crippen LogP contribution in [0, 0.1) is 0 Å². The quantitative estimate of drug-likeness (QED) is 0.621. The first-order chi connectivity index (χ1) is 15.3. The van der Waals surface area contributed by atoms with Gasteiger partial charge in [-0.1, -0.05) is 30.3 Å². The van der Waals surface area contributed by atoms with Crippen molar-refractivity contribution < 1.29 is 9.53 Å². The molecule has 6 heteroatoms. The van der Waals surface area contributed by atoms with Crippen LogP contribution < -0.4 is 9.64 Å². The first-order valence-corrected chi connectivity index (χ1v) is 11.7. The minimum absolute atomic E-state index is 0.0916. The molecule has 0 saturated carbocycles. The molecular formula is C25H27N3O2S. The van der Waals surface area contributed by atoms with Crippen molar-refractivity contribution in [3.05, 3.63) is 82.0 Å². The summed E-state index contributed by atoms with van der Waals surface area (Å²) in [6.07, 6.45) is 0. The van der Waals surface area contributed by atoms with Crippen LogP contribution in [0.3, 0.4) is 0 Å². The number of ether oxygens (including phenoxy) is 1. The van der Waals surface area contributed by atoms with Gasteiger partial charge < -0.3 is 14.5 Å². The molecule has 1 saturated heterocycles. The van der Waals surface area contributed by atoms with Crippen molar-refractivity contribution in [1.29, 1.82) is 0 Å². The number of thiophene rings is 1. The summed E-state index contributed by atoms with van der Waals surface area (Å²) in [4.78, 5) is 20.5. The van der Waals surface area contributed by atoms with Gasteiger partial charge in [0.15, 0.2) is 0 Å². The highest BCUT2D eigenvalue weighted by Gasteiger charge is 2.23. The molecule has 0 N–H and O–H groups in total. The van der Waals surface area contributed by atoms with Crippen LogP contribution >= 0.6 is 11.3 Å². The molecule has 1 fully saturated rings. The summed E-state index contributed by atoms with van der Waals surface area (Å²) < 4.78 is 5.94. The molecule has 0 bridgehead atoms. The van der Waals surface area contributed by atoms with Gasteiger partial charge in [-0.3, -0.25) is 9.69 Å². The standard InChI is InChI=1S/C25H27N3O2S/c29-25(24-7-4-16-31-24)28-14-15-30-23-9-8-20(17-21(23)19-28)18-26-10-12-27(13-11-26)22-5-2-1-3-6-22/h1-9,16-17H,10-15,18-19H2. The van der Waals surface area contributed by atoms with Crippen LogP contribution in [0.1, 0.15) is 20.8 Å². The second kappa shape index (κ2) is 9.12. The molecule has 2 aromatic carbocycles. The van der Waals surface area contributed by atoms with Gasteiger partial charge in [-0.05, 0) is 41.3 Å². The molecule has 160 valence electrons.